The number of benzene rings is 1. The molecule has 2 rings (SSSR count). The molecule has 0 aliphatic carbocycles. The van der Waals surface area contributed by atoms with Gasteiger partial charge in [-0.15, -0.1) is 0 Å². The van der Waals surface area contributed by atoms with E-state index in [0.717, 1.165) is 0 Å². The van der Waals surface area contributed by atoms with E-state index in [0.29, 0.717) is 11.5 Å². The Labute approximate surface area is 96.7 Å². The molecular weight excluding hydrogens is 228 g/mol. The quantitative estimate of drug-likeness (QED) is 0.465. The Morgan fingerprint density at radius 2 is 1.76 bits per heavy atom. The summed E-state index contributed by atoms with van der Waals surface area (Å²) in [6.45, 7) is 0. The van der Waals surface area contributed by atoms with Crippen LogP contribution in [0.5, 0.6) is 11.5 Å². The van der Waals surface area contributed by atoms with Gasteiger partial charge in [-0.2, -0.15) is 0 Å². The van der Waals surface area contributed by atoms with Crippen LogP contribution >= 0.6 is 0 Å². The molecule has 0 amide bonds. The van der Waals surface area contributed by atoms with Crippen molar-refractivity contribution in [3.63, 3.8) is 0 Å². The highest BCUT2D eigenvalue weighted by Crippen LogP contribution is 2.25. The predicted octanol–water partition coefficient (Wildman–Crippen LogP) is 0.453. The molecule has 1 heterocycles. The first-order valence-electron chi connectivity index (χ1n) is 4.86. The lowest BCUT2D eigenvalue weighted by Crippen LogP contribution is -2.20. The van der Waals surface area contributed by atoms with Gasteiger partial charge in [-0.25, -0.2) is 9.59 Å². The number of esters is 1. The van der Waals surface area contributed by atoms with Gasteiger partial charge < -0.3 is 19.3 Å². The number of carboxylic acid groups (broad SMARTS) is 1. The molecule has 0 aromatic heterocycles. The number of aliphatic carboxylic acids is 1. The fraction of sp³-hybridized carbons (Fsp3) is 0.273. The molecule has 90 valence electrons. The minimum atomic E-state index is -1.17. The van der Waals surface area contributed by atoms with E-state index in [1.165, 1.54) is 7.11 Å². The first kappa shape index (κ1) is 11.4. The van der Waals surface area contributed by atoms with Gasteiger partial charge in [-0.3, -0.25) is 0 Å². The second kappa shape index (κ2) is 4.42. The lowest BCUT2D eigenvalue weighted by atomic mass is 10.3. The number of epoxide rings is 1. The Bertz CT molecular complexity index is 438. The minimum Gasteiger partial charge on any atom is -0.497 e. The number of rotatable bonds is 4. The second-order valence-electron chi connectivity index (χ2n) is 3.41. The van der Waals surface area contributed by atoms with E-state index in [2.05, 4.69) is 4.74 Å². The Hall–Kier alpha value is -2.08. The van der Waals surface area contributed by atoms with Crippen LogP contribution in [0.3, 0.4) is 0 Å². The van der Waals surface area contributed by atoms with Gasteiger partial charge in [0.1, 0.15) is 11.5 Å². The molecule has 6 heteroatoms. The number of carbonyl (C=O) groups is 2. The number of methoxy groups -OCH3 is 1. The summed E-state index contributed by atoms with van der Waals surface area (Å²) in [7, 11) is 1.52. The van der Waals surface area contributed by atoms with Crippen molar-refractivity contribution in [2.75, 3.05) is 7.11 Å². The Balaban J connectivity index is 1.93. The summed E-state index contributed by atoms with van der Waals surface area (Å²) in [5.41, 5.74) is 0. The number of hydrogen-bond acceptors (Lipinski definition) is 5. The molecule has 1 saturated heterocycles. The van der Waals surface area contributed by atoms with Gasteiger partial charge in [0.05, 0.1) is 7.11 Å². The zero-order valence-corrected chi connectivity index (χ0v) is 8.95. The molecule has 0 radical (unpaired) electrons. The third kappa shape index (κ3) is 2.54. The van der Waals surface area contributed by atoms with Crippen molar-refractivity contribution in [1.82, 2.24) is 0 Å². The number of carbonyl (C=O) groups excluding carboxylic acids is 1. The van der Waals surface area contributed by atoms with Gasteiger partial charge in [-0.05, 0) is 24.3 Å². The molecule has 1 aliphatic rings. The van der Waals surface area contributed by atoms with Gasteiger partial charge in [0.2, 0.25) is 0 Å². The summed E-state index contributed by atoms with van der Waals surface area (Å²) in [6, 6.07) is 6.36. The molecule has 2 unspecified atom stereocenters. The highest BCUT2D eigenvalue weighted by atomic mass is 16.7. The van der Waals surface area contributed by atoms with Crippen molar-refractivity contribution in [3.8, 4) is 11.5 Å². The highest BCUT2D eigenvalue weighted by Gasteiger charge is 2.52. The lowest BCUT2D eigenvalue weighted by Gasteiger charge is -2.03. The van der Waals surface area contributed by atoms with Crippen LogP contribution in [0, 0.1) is 0 Å². The van der Waals surface area contributed by atoms with Crippen molar-refractivity contribution in [2.24, 2.45) is 0 Å². The predicted molar refractivity (Wildman–Crippen MR) is 54.9 cm³/mol. The number of ether oxygens (including phenoxy) is 3. The SMILES string of the molecule is COc1ccc(OC(=O)C2OC2C(=O)O)cc1. The van der Waals surface area contributed by atoms with Crippen LogP contribution < -0.4 is 9.47 Å². The third-order valence-electron chi connectivity index (χ3n) is 2.25. The van der Waals surface area contributed by atoms with Crippen molar-refractivity contribution in [2.45, 2.75) is 12.2 Å². The first-order valence-corrected chi connectivity index (χ1v) is 4.86. The number of hydrogen-bond donors (Lipinski definition) is 1. The largest absolute Gasteiger partial charge is 0.497 e. The summed E-state index contributed by atoms with van der Waals surface area (Å²) in [5.74, 6) is -0.921. The van der Waals surface area contributed by atoms with Crippen LogP contribution in [-0.2, 0) is 14.3 Å². The van der Waals surface area contributed by atoms with E-state index in [1.54, 1.807) is 24.3 Å². The monoisotopic (exact) mass is 238 g/mol. The Morgan fingerprint density at radius 1 is 1.18 bits per heavy atom. The molecule has 17 heavy (non-hydrogen) atoms. The van der Waals surface area contributed by atoms with Crippen LogP contribution in [0.4, 0.5) is 0 Å². The molecular formula is C11H10O6. The standard InChI is InChI=1S/C11H10O6/c1-15-6-2-4-7(5-3-6)16-11(14)9-8(17-9)10(12)13/h2-5,8-9H,1H3,(H,12,13). The molecule has 1 aliphatic heterocycles. The molecule has 1 aromatic carbocycles. The third-order valence-corrected chi connectivity index (χ3v) is 2.25. The normalized spacial score (nSPS) is 21.7. The maximum Gasteiger partial charge on any atom is 0.344 e. The van der Waals surface area contributed by atoms with E-state index in [4.69, 9.17) is 14.6 Å². The van der Waals surface area contributed by atoms with Gasteiger partial charge in [-0.1, -0.05) is 0 Å². The van der Waals surface area contributed by atoms with Crippen LogP contribution in [0.15, 0.2) is 24.3 Å². The van der Waals surface area contributed by atoms with E-state index in [9.17, 15) is 9.59 Å². The molecule has 0 bridgehead atoms. The minimum absolute atomic E-state index is 0.315. The summed E-state index contributed by atoms with van der Waals surface area (Å²) in [6.07, 6.45) is -2.09. The summed E-state index contributed by atoms with van der Waals surface area (Å²) >= 11 is 0. The highest BCUT2D eigenvalue weighted by molar-refractivity contribution is 5.90. The molecule has 0 spiro atoms. The first-order chi connectivity index (χ1) is 8.11. The zero-order chi connectivity index (χ0) is 12.4. The van der Waals surface area contributed by atoms with Gasteiger partial charge >= 0.3 is 11.9 Å². The smallest absolute Gasteiger partial charge is 0.344 e. The molecule has 1 N–H and O–H groups in total. The van der Waals surface area contributed by atoms with Crippen LogP contribution in [0.25, 0.3) is 0 Å². The van der Waals surface area contributed by atoms with E-state index in [1.807, 2.05) is 0 Å². The fourth-order valence-corrected chi connectivity index (χ4v) is 1.30. The lowest BCUT2D eigenvalue weighted by molar-refractivity contribution is -0.139. The van der Waals surface area contributed by atoms with Crippen molar-refractivity contribution < 1.29 is 28.9 Å². The van der Waals surface area contributed by atoms with Gasteiger partial charge in [0.25, 0.3) is 0 Å². The van der Waals surface area contributed by atoms with Crippen LogP contribution in [0.2, 0.25) is 0 Å². The maximum atomic E-state index is 11.4. The second-order valence-corrected chi connectivity index (χ2v) is 3.41. The molecule has 2 atom stereocenters. The summed E-state index contributed by atoms with van der Waals surface area (Å²) < 4.78 is 14.5. The maximum absolute atomic E-state index is 11.4. The van der Waals surface area contributed by atoms with Crippen LogP contribution in [-0.4, -0.2) is 36.4 Å². The molecule has 1 aromatic rings. The molecule has 6 nitrogen and oxygen atoms in total. The Morgan fingerprint density at radius 3 is 2.24 bits per heavy atom. The topological polar surface area (TPSA) is 85.4 Å². The average molecular weight is 238 g/mol. The average Bonchev–Trinajstić information content (AvgIpc) is 3.10. The van der Waals surface area contributed by atoms with Crippen LogP contribution in [0.1, 0.15) is 0 Å². The zero-order valence-electron chi connectivity index (χ0n) is 8.95. The van der Waals surface area contributed by atoms with E-state index >= 15 is 0 Å². The summed E-state index contributed by atoms with van der Waals surface area (Å²) in [4.78, 5) is 21.9. The van der Waals surface area contributed by atoms with Crippen molar-refractivity contribution >= 4 is 11.9 Å². The fourth-order valence-electron chi connectivity index (χ4n) is 1.30. The van der Waals surface area contributed by atoms with E-state index in [-0.39, 0.29) is 0 Å². The summed E-state index contributed by atoms with van der Waals surface area (Å²) in [5, 5.41) is 8.56. The number of carboxylic acids is 1. The van der Waals surface area contributed by atoms with Crippen molar-refractivity contribution in [1.29, 1.82) is 0 Å². The van der Waals surface area contributed by atoms with Gasteiger partial charge in [0.15, 0.2) is 12.2 Å². The van der Waals surface area contributed by atoms with Gasteiger partial charge in [0, 0.05) is 0 Å². The van der Waals surface area contributed by atoms with Crippen molar-refractivity contribution in [3.05, 3.63) is 24.3 Å². The Kier molecular flexibility index (Phi) is 2.97. The molecule has 1 fully saturated rings. The molecule has 0 saturated carbocycles. The van der Waals surface area contributed by atoms with E-state index < -0.39 is 24.1 Å².